The van der Waals surface area contributed by atoms with Gasteiger partial charge in [0.2, 0.25) is 0 Å². The molecule has 0 bridgehead atoms. The van der Waals surface area contributed by atoms with Crippen LogP contribution < -0.4 is 4.74 Å². The van der Waals surface area contributed by atoms with Crippen molar-refractivity contribution in [3.8, 4) is 5.75 Å². The predicted octanol–water partition coefficient (Wildman–Crippen LogP) is 1.61. The number of benzene rings is 1. The highest BCUT2D eigenvalue weighted by Crippen LogP contribution is 2.36. The highest BCUT2D eigenvalue weighted by Gasteiger charge is 2.39. The number of hydrogen-bond acceptors (Lipinski definition) is 5. The van der Waals surface area contributed by atoms with Gasteiger partial charge >= 0.3 is 0 Å². The van der Waals surface area contributed by atoms with Crippen molar-refractivity contribution < 1.29 is 9.84 Å². The molecule has 6 heteroatoms. The highest BCUT2D eigenvalue weighted by molar-refractivity contribution is 5.41. The van der Waals surface area contributed by atoms with Gasteiger partial charge in [0, 0.05) is 26.1 Å². The number of rotatable bonds is 3. The third kappa shape index (κ3) is 2.72. The van der Waals surface area contributed by atoms with Gasteiger partial charge in [0.05, 0.1) is 6.20 Å². The number of hydrogen-bond donors (Lipinski definition) is 2. The van der Waals surface area contributed by atoms with Crippen LogP contribution in [-0.2, 0) is 18.6 Å². The van der Waals surface area contributed by atoms with Gasteiger partial charge in [0.1, 0.15) is 22.6 Å². The molecule has 23 heavy (non-hydrogen) atoms. The second kappa shape index (κ2) is 5.04. The lowest BCUT2D eigenvalue weighted by atomic mass is 9.99. The lowest BCUT2D eigenvalue weighted by Gasteiger charge is -2.21. The van der Waals surface area contributed by atoms with E-state index in [1.165, 1.54) is 11.1 Å². The number of nitrogens with zero attached hydrogens (tertiary/aromatic N) is 3. The minimum atomic E-state index is -0.894. The Labute approximate surface area is 135 Å². The first-order valence-electron chi connectivity index (χ1n) is 8.05. The lowest BCUT2D eigenvalue weighted by molar-refractivity contribution is 0.0409. The predicted molar refractivity (Wildman–Crippen MR) is 85.0 cm³/mol. The maximum Gasteiger partial charge on any atom is 0.124 e. The topological polar surface area (TPSA) is 74.3 Å². The number of aromatic amines is 1. The van der Waals surface area contributed by atoms with E-state index in [-0.39, 0.29) is 5.60 Å². The largest absolute Gasteiger partial charge is 0.487 e. The van der Waals surface area contributed by atoms with Gasteiger partial charge in [-0.25, -0.2) is 0 Å². The molecular weight excluding hydrogens is 292 g/mol. The molecule has 2 aromatic rings. The normalized spacial score (nSPS) is 26.2. The highest BCUT2D eigenvalue weighted by atomic mass is 16.5. The molecule has 0 spiro atoms. The van der Waals surface area contributed by atoms with Crippen LogP contribution in [-0.4, -0.2) is 44.1 Å². The van der Waals surface area contributed by atoms with E-state index in [4.69, 9.17) is 4.74 Å². The van der Waals surface area contributed by atoms with E-state index >= 15 is 0 Å². The Kier molecular flexibility index (Phi) is 3.21. The Balaban J connectivity index is 1.46. The van der Waals surface area contributed by atoms with E-state index in [0.29, 0.717) is 18.7 Å². The number of H-pyrrole nitrogens is 1. The van der Waals surface area contributed by atoms with Crippen molar-refractivity contribution in [1.29, 1.82) is 0 Å². The maximum atomic E-state index is 10.7. The fourth-order valence-electron chi connectivity index (χ4n) is 3.66. The van der Waals surface area contributed by atoms with Gasteiger partial charge < -0.3 is 9.84 Å². The Morgan fingerprint density at radius 1 is 1.39 bits per heavy atom. The van der Waals surface area contributed by atoms with Crippen molar-refractivity contribution in [2.45, 2.75) is 44.4 Å². The fourth-order valence-corrected chi connectivity index (χ4v) is 3.66. The Morgan fingerprint density at radius 2 is 2.26 bits per heavy atom. The van der Waals surface area contributed by atoms with E-state index in [2.05, 4.69) is 52.4 Å². The van der Waals surface area contributed by atoms with Gasteiger partial charge in [-0.05, 0) is 37.5 Å². The summed E-state index contributed by atoms with van der Waals surface area (Å²) in [4.78, 5) is 2.26. The quantitative estimate of drug-likeness (QED) is 0.900. The molecule has 1 atom stereocenters. The van der Waals surface area contributed by atoms with Crippen molar-refractivity contribution in [2.24, 2.45) is 0 Å². The van der Waals surface area contributed by atoms with Gasteiger partial charge in [-0.15, -0.1) is 0 Å². The zero-order valence-corrected chi connectivity index (χ0v) is 13.5. The number of nitrogens with one attached hydrogen (secondary N) is 1. The summed E-state index contributed by atoms with van der Waals surface area (Å²) in [6.45, 7) is 6.49. The first-order chi connectivity index (χ1) is 10.9. The monoisotopic (exact) mass is 314 g/mol. The maximum absolute atomic E-state index is 10.7. The Morgan fingerprint density at radius 3 is 3.04 bits per heavy atom. The van der Waals surface area contributed by atoms with Crippen LogP contribution in [0.1, 0.15) is 37.1 Å². The number of fused-ring (bicyclic) bond motifs is 1. The summed E-state index contributed by atoms with van der Waals surface area (Å²) in [7, 11) is 0. The SMILES string of the molecule is CC1(C)Cc2cc(CN3CC[C@@](O)(c4cn[nH]n4)C3)ccc2O1. The molecule has 0 radical (unpaired) electrons. The minimum Gasteiger partial charge on any atom is -0.487 e. The summed E-state index contributed by atoms with van der Waals surface area (Å²) < 4.78 is 5.93. The van der Waals surface area contributed by atoms with Crippen LogP contribution in [0.2, 0.25) is 0 Å². The molecule has 1 saturated heterocycles. The van der Waals surface area contributed by atoms with Crippen LogP contribution in [0.3, 0.4) is 0 Å². The van der Waals surface area contributed by atoms with Crippen molar-refractivity contribution in [3.05, 3.63) is 41.2 Å². The number of likely N-dealkylation sites (tertiary alicyclic amines) is 1. The molecule has 4 rings (SSSR count). The van der Waals surface area contributed by atoms with Gasteiger partial charge in [-0.3, -0.25) is 4.90 Å². The second-order valence-corrected chi connectivity index (χ2v) is 7.33. The number of ether oxygens (including phenoxy) is 1. The van der Waals surface area contributed by atoms with Gasteiger partial charge in [0.15, 0.2) is 0 Å². The standard InChI is InChI=1S/C17H22N4O2/c1-16(2)8-13-7-12(3-4-14(13)23-16)10-21-6-5-17(22,11-21)15-9-18-20-19-15/h3-4,7,9,22H,5-6,8,10-11H2,1-2H3,(H,18,19,20)/t17-/m0/s1. The molecule has 0 amide bonds. The van der Waals surface area contributed by atoms with Crippen LogP contribution in [0, 0.1) is 0 Å². The summed E-state index contributed by atoms with van der Waals surface area (Å²) in [5.41, 5.74) is 2.16. The minimum absolute atomic E-state index is 0.109. The van der Waals surface area contributed by atoms with Crippen LogP contribution in [0.25, 0.3) is 0 Å². The van der Waals surface area contributed by atoms with Crippen LogP contribution in [0.4, 0.5) is 0 Å². The Hall–Kier alpha value is -1.92. The van der Waals surface area contributed by atoms with Gasteiger partial charge in [-0.1, -0.05) is 12.1 Å². The molecule has 0 aliphatic carbocycles. The molecule has 0 unspecified atom stereocenters. The van der Waals surface area contributed by atoms with Crippen molar-refractivity contribution in [1.82, 2.24) is 20.3 Å². The molecule has 1 aromatic carbocycles. The molecule has 2 aliphatic heterocycles. The molecule has 6 nitrogen and oxygen atoms in total. The zero-order valence-electron chi connectivity index (χ0n) is 13.5. The molecule has 0 saturated carbocycles. The van der Waals surface area contributed by atoms with Crippen molar-refractivity contribution in [2.75, 3.05) is 13.1 Å². The third-order valence-corrected chi connectivity index (χ3v) is 4.75. The summed E-state index contributed by atoms with van der Waals surface area (Å²) in [5.74, 6) is 0.999. The van der Waals surface area contributed by atoms with Crippen LogP contribution in [0.5, 0.6) is 5.75 Å². The molecule has 122 valence electrons. The van der Waals surface area contributed by atoms with Gasteiger partial charge in [-0.2, -0.15) is 15.4 Å². The molecular formula is C17H22N4O2. The smallest absolute Gasteiger partial charge is 0.124 e. The van der Waals surface area contributed by atoms with E-state index in [1.54, 1.807) is 6.20 Å². The average Bonchev–Trinajstić information content (AvgIpc) is 3.17. The summed E-state index contributed by atoms with van der Waals surface area (Å²) in [5, 5.41) is 21.2. The summed E-state index contributed by atoms with van der Waals surface area (Å²) >= 11 is 0. The van der Waals surface area contributed by atoms with Crippen LogP contribution >= 0.6 is 0 Å². The summed E-state index contributed by atoms with van der Waals surface area (Å²) in [6.07, 6.45) is 3.23. The van der Waals surface area contributed by atoms with Crippen molar-refractivity contribution >= 4 is 0 Å². The number of aromatic nitrogens is 3. The second-order valence-electron chi connectivity index (χ2n) is 7.33. The van der Waals surface area contributed by atoms with Crippen LogP contribution in [0.15, 0.2) is 24.4 Å². The molecule has 3 heterocycles. The first kappa shape index (κ1) is 14.7. The van der Waals surface area contributed by atoms with Crippen molar-refractivity contribution in [3.63, 3.8) is 0 Å². The molecule has 2 N–H and O–H groups in total. The van der Waals surface area contributed by atoms with Gasteiger partial charge in [0.25, 0.3) is 0 Å². The van der Waals surface area contributed by atoms with E-state index in [1.807, 2.05) is 0 Å². The van der Waals surface area contributed by atoms with E-state index in [9.17, 15) is 5.11 Å². The molecule has 2 aliphatic rings. The average molecular weight is 314 g/mol. The molecule has 1 aromatic heterocycles. The summed E-state index contributed by atoms with van der Waals surface area (Å²) in [6, 6.07) is 6.42. The first-order valence-corrected chi connectivity index (χ1v) is 8.05. The zero-order chi connectivity index (χ0) is 16.1. The molecule has 1 fully saturated rings. The third-order valence-electron chi connectivity index (χ3n) is 4.75. The lowest BCUT2D eigenvalue weighted by Crippen LogP contribution is -2.31. The number of aliphatic hydroxyl groups is 1. The number of β-amino-alcohol motifs (C(OH)–C–C–N with tert-alkyl or cyclic N) is 1. The van der Waals surface area contributed by atoms with E-state index in [0.717, 1.165) is 25.3 Å². The fraction of sp³-hybridized carbons (Fsp3) is 0.529. The Bertz CT molecular complexity index is 713. The van der Waals surface area contributed by atoms with E-state index < -0.39 is 5.60 Å².